The molecule has 88 heavy (non-hydrogen) atoms. The Morgan fingerprint density at radius 3 is 0.534 bits per heavy atom. The van der Waals surface area contributed by atoms with Crippen molar-refractivity contribution in [3.05, 3.63) is 188 Å². The van der Waals surface area contributed by atoms with Gasteiger partial charge in [0.05, 0.1) is 0 Å². The molecule has 0 saturated heterocycles. The van der Waals surface area contributed by atoms with Crippen molar-refractivity contribution < 1.29 is 37.9 Å². The fourth-order valence-electron chi connectivity index (χ4n) is 12.0. The van der Waals surface area contributed by atoms with Gasteiger partial charge in [-0.2, -0.15) is 0 Å². The molecular formula is C76H100Br4O8. The summed E-state index contributed by atoms with van der Waals surface area (Å²) in [5.74, 6) is 4.07. The molecule has 0 N–H and O–H groups in total. The van der Waals surface area contributed by atoms with E-state index in [0.717, 1.165) is 173 Å². The van der Waals surface area contributed by atoms with E-state index < -0.39 is 0 Å². The second kappa shape index (κ2) is 40.8. The van der Waals surface area contributed by atoms with Crippen LogP contribution in [0.2, 0.25) is 0 Å². The van der Waals surface area contributed by atoms with Gasteiger partial charge in [-0.1, -0.05) is 232 Å². The van der Waals surface area contributed by atoms with Crippen LogP contribution in [0.5, 0.6) is 46.0 Å². The summed E-state index contributed by atoms with van der Waals surface area (Å²) in [6.07, 6.45) is 33.9. The first-order valence-corrected chi connectivity index (χ1v) is 35.5. The van der Waals surface area contributed by atoms with Gasteiger partial charge in [0, 0.05) is 68.2 Å². The van der Waals surface area contributed by atoms with Crippen molar-refractivity contribution in [1.82, 2.24) is 0 Å². The van der Waals surface area contributed by atoms with E-state index in [-0.39, 0.29) is 76.5 Å². The van der Waals surface area contributed by atoms with Gasteiger partial charge in [0.25, 0.3) is 0 Å². The molecule has 0 fully saturated rings. The average molecular weight is 1460 g/mol. The van der Waals surface area contributed by atoms with Gasteiger partial charge in [-0.3, -0.25) is 0 Å². The van der Waals surface area contributed by atoms with Gasteiger partial charge in [-0.25, -0.2) is 0 Å². The lowest BCUT2D eigenvalue weighted by Gasteiger charge is -2.34. The molecule has 0 unspecified atom stereocenters. The molecule has 12 heteroatoms. The van der Waals surface area contributed by atoms with Crippen LogP contribution in [0.25, 0.3) is 0 Å². The Kier molecular flexibility index (Phi) is 34.2. The highest BCUT2D eigenvalue weighted by atomic mass is 79.9. The van der Waals surface area contributed by atoms with Crippen molar-refractivity contribution in [1.29, 1.82) is 0 Å². The van der Waals surface area contributed by atoms with Crippen LogP contribution in [-0.4, -0.2) is 52.9 Å². The van der Waals surface area contributed by atoms with Crippen LogP contribution in [0.4, 0.5) is 0 Å². The van der Waals surface area contributed by atoms with E-state index in [2.05, 4.69) is 168 Å². The molecule has 4 aromatic rings. The number of halogens is 4. The molecule has 1 aliphatic rings. The smallest absolute Gasteiger partial charge is 0.141 e. The summed E-state index contributed by atoms with van der Waals surface area (Å²) in [5.41, 5.74) is 7.84. The van der Waals surface area contributed by atoms with Crippen LogP contribution in [0.15, 0.2) is 143 Å². The van der Waals surface area contributed by atoms with E-state index >= 15 is 0 Å². The largest absolute Gasteiger partial charge is 0.488 e. The Labute approximate surface area is 563 Å². The Morgan fingerprint density at radius 2 is 0.409 bits per heavy atom. The van der Waals surface area contributed by atoms with Crippen molar-refractivity contribution in [3.63, 3.8) is 0 Å². The predicted molar refractivity (Wildman–Crippen MR) is 385 cm³/mol. The zero-order valence-corrected chi connectivity index (χ0v) is 59.8. The van der Waals surface area contributed by atoms with Crippen LogP contribution >= 0.6 is 63.7 Å². The van der Waals surface area contributed by atoms with Crippen LogP contribution in [-0.2, 0) is 0 Å². The first-order valence-electron chi connectivity index (χ1n) is 32.3. The fourth-order valence-corrected chi connectivity index (χ4v) is 14.8. The molecule has 5 rings (SSSR count). The highest BCUT2D eigenvalue weighted by Gasteiger charge is 2.39. The van der Waals surface area contributed by atoms with Crippen molar-refractivity contribution in [2.75, 3.05) is 52.9 Å². The predicted octanol–water partition coefficient (Wildman–Crippen LogP) is 24.0. The lowest BCUT2D eigenvalue weighted by Crippen LogP contribution is -2.17. The molecule has 4 aromatic carbocycles. The van der Waals surface area contributed by atoms with Crippen molar-refractivity contribution in [2.45, 2.75) is 180 Å². The maximum absolute atomic E-state index is 7.03. The minimum absolute atomic E-state index is 0.247. The second-order valence-corrected chi connectivity index (χ2v) is 25.7. The van der Waals surface area contributed by atoms with Gasteiger partial charge in [0.15, 0.2) is 0 Å². The normalized spacial score (nSPS) is 15.1. The quantitative estimate of drug-likeness (QED) is 0.0320. The molecule has 8 nitrogen and oxygen atoms in total. The Balaban J connectivity index is 2.33. The van der Waals surface area contributed by atoms with E-state index in [4.69, 9.17) is 37.9 Å². The van der Waals surface area contributed by atoms with Crippen molar-refractivity contribution >= 4 is 63.7 Å². The van der Waals surface area contributed by atoms with Crippen LogP contribution in [0.1, 0.15) is 224 Å². The standard InChI is InChI=1S/C76H100Br4O8/c1-13-25-29-33-37-53-57-49-59(71(83-43-19-7)65(77)69(57)81-41-17-5)54(38-34-30-26-14-2)61-51-63(75(87-47-23-11)67(79)73(61)85-45-21-9)56(40-36-32-28-16-4)64-52-62(74(86-46-22-10)68(80)76(64)88-48-24-12)55(39-35-31-27-15-3)60-50-58(53)70(82-42-18-6)66(78)72(60)84-44-20-8/h17-24,49-56H,5-16,25-48H2,1-4H3. The molecule has 0 aromatic heterocycles. The molecule has 0 radical (unpaired) electrons. The summed E-state index contributed by atoms with van der Waals surface area (Å²) in [7, 11) is 0. The van der Waals surface area contributed by atoms with Crippen LogP contribution in [0, 0.1) is 0 Å². The zero-order valence-electron chi connectivity index (χ0n) is 53.5. The van der Waals surface area contributed by atoms with Crippen LogP contribution in [0.3, 0.4) is 0 Å². The Hall–Kier alpha value is -4.88. The first kappa shape index (κ1) is 73.9. The highest BCUT2D eigenvalue weighted by molar-refractivity contribution is 9.11. The third-order valence-corrected chi connectivity index (χ3v) is 19.0. The highest BCUT2D eigenvalue weighted by Crippen LogP contribution is 2.59. The number of unbranched alkanes of at least 4 members (excludes halogenated alkanes) is 12. The Bertz CT molecular complexity index is 2380. The maximum atomic E-state index is 7.03. The summed E-state index contributed by atoms with van der Waals surface area (Å²) in [5, 5.41) is 0. The number of ether oxygens (including phenoxy) is 8. The van der Waals surface area contributed by atoms with E-state index in [1.54, 1.807) is 48.6 Å². The SMILES string of the molecule is C=CCOc1c2cc(c(OCC=C)c1Br)C(CCCCCC)c1cc(c(OCC=C)c(Br)c1OCC=C)C(CCCCCC)c1cc(c(OCC=C)c(Br)c1OCC=C)C(CCCCCC)c1cc(c(OCC=C)c(Br)c1OCC=C)C2CCCCCC. The van der Waals surface area contributed by atoms with E-state index in [1.165, 1.54) is 0 Å². The van der Waals surface area contributed by atoms with Gasteiger partial charge in [0.1, 0.15) is 117 Å². The topological polar surface area (TPSA) is 73.8 Å². The maximum Gasteiger partial charge on any atom is 0.141 e. The Morgan fingerprint density at radius 1 is 0.261 bits per heavy atom. The molecule has 0 spiro atoms. The number of hydrogen-bond donors (Lipinski definition) is 0. The third-order valence-electron chi connectivity index (χ3n) is 16.1. The molecular weight excluding hydrogens is 1360 g/mol. The van der Waals surface area contributed by atoms with Crippen molar-refractivity contribution in [3.8, 4) is 46.0 Å². The second-order valence-electron chi connectivity index (χ2n) is 22.5. The summed E-state index contributed by atoms with van der Waals surface area (Å²) in [6.45, 7) is 44.2. The van der Waals surface area contributed by atoms with E-state index in [0.29, 0.717) is 63.9 Å². The lowest BCUT2D eigenvalue weighted by molar-refractivity contribution is 0.323. The molecule has 480 valence electrons. The van der Waals surface area contributed by atoms with E-state index in [1.807, 2.05) is 0 Å². The van der Waals surface area contributed by atoms with Gasteiger partial charge in [0.2, 0.25) is 0 Å². The summed E-state index contributed by atoms with van der Waals surface area (Å²) in [4.78, 5) is 0. The molecule has 0 atom stereocenters. The number of hydrogen-bond acceptors (Lipinski definition) is 8. The zero-order chi connectivity index (χ0) is 63.8. The van der Waals surface area contributed by atoms with Gasteiger partial charge < -0.3 is 37.9 Å². The summed E-state index contributed by atoms with van der Waals surface area (Å²) in [6, 6.07) is 9.48. The molecule has 0 heterocycles. The fraction of sp³-hybridized carbons (Fsp3) is 0.474. The third kappa shape index (κ3) is 19.6. The molecule has 1 aliphatic carbocycles. The van der Waals surface area contributed by atoms with Gasteiger partial charge >= 0.3 is 0 Å². The van der Waals surface area contributed by atoms with Crippen LogP contribution < -0.4 is 37.9 Å². The molecule has 0 amide bonds. The lowest BCUT2D eigenvalue weighted by atomic mass is 9.76. The van der Waals surface area contributed by atoms with E-state index in [9.17, 15) is 0 Å². The number of benzene rings is 4. The molecule has 0 saturated carbocycles. The number of fused-ring (bicyclic) bond motifs is 8. The molecule has 0 aliphatic heterocycles. The first-order chi connectivity index (χ1) is 43.0. The summed E-state index contributed by atoms with van der Waals surface area (Å²) < 4.78 is 59.1. The average Bonchev–Trinajstić information content (AvgIpc) is 1.39. The minimum Gasteiger partial charge on any atom is -0.488 e. The van der Waals surface area contributed by atoms with Gasteiger partial charge in [-0.05, 0) is 114 Å². The van der Waals surface area contributed by atoms with Crippen molar-refractivity contribution in [2.24, 2.45) is 0 Å². The molecule has 8 bridgehead atoms. The number of rotatable bonds is 44. The minimum atomic E-state index is -0.313. The van der Waals surface area contributed by atoms with Gasteiger partial charge in [-0.15, -0.1) is 0 Å². The monoisotopic (exact) mass is 1460 g/mol. The summed E-state index contributed by atoms with van der Waals surface area (Å²) >= 11 is 17.0.